The summed E-state index contributed by atoms with van der Waals surface area (Å²) in [6, 6.07) is 10.8. The number of nitro groups is 1. The molecule has 1 atom stereocenters. The van der Waals surface area contributed by atoms with Crippen molar-refractivity contribution >= 4 is 28.2 Å². The Balaban J connectivity index is 1.70. The monoisotopic (exact) mass is 400 g/mol. The summed E-state index contributed by atoms with van der Waals surface area (Å²) in [6.45, 7) is 0. The molecule has 0 unspecified atom stereocenters. The fraction of sp³-hybridized carbons (Fsp3) is 0.111. The molecule has 2 aromatic carbocycles. The van der Waals surface area contributed by atoms with Crippen LogP contribution in [0.15, 0.2) is 48.5 Å². The standard InChI is InChI=1S/C18H13FN4O4S/c19-12-3-7-13(8-4-12)22-17(15-9-28(27)10-16(15)21-22)20-18(24)11-1-5-14(6-2-11)23(25)26/h1-8H,9-10H2,(H,20,24)/t28-/m0/s1. The number of nitrogens with zero attached hydrogens (tertiary/aromatic N) is 3. The fourth-order valence-electron chi connectivity index (χ4n) is 2.94. The quantitative estimate of drug-likeness (QED) is 0.535. The number of fused-ring (bicyclic) bond motifs is 1. The maximum absolute atomic E-state index is 13.2. The van der Waals surface area contributed by atoms with Gasteiger partial charge in [0.1, 0.15) is 11.6 Å². The normalized spacial score (nSPS) is 15.2. The van der Waals surface area contributed by atoms with E-state index in [2.05, 4.69) is 10.4 Å². The number of carbonyl (C=O) groups excluding carboxylic acids is 1. The topological polar surface area (TPSA) is 107 Å². The fourth-order valence-corrected chi connectivity index (χ4v) is 4.20. The van der Waals surface area contributed by atoms with Gasteiger partial charge in [0, 0.05) is 34.1 Å². The van der Waals surface area contributed by atoms with E-state index in [1.807, 2.05) is 0 Å². The average molecular weight is 400 g/mol. The second-order valence-electron chi connectivity index (χ2n) is 6.15. The minimum absolute atomic E-state index is 0.121. The van der Waals surface area contributed by atoms with Crippen LogP contribution in [0, 0.1) is 15.9 Å². The maximum Gasteiger partial charge on any atom is 0.269 e. The van der Waals surface area contributed by atoms with E-state index < -0.39 is 27.4 Å². The van der Waals surface area contributed by atoms with Crippen LogP contribution >= 0.6 is 0 Å². The molecule has 142 valence electrons. The highest BCUT2D eigenvalue weighted by atomic mass is 32.2. The summed E-state index contributed by atoms with van der Waals surface area (Å²) in [5, 5.41) is 17.9. The lowest BCUT2D eigenvalue weighted by atomic mass is 10.2. The number of hydrogen-bond donors (Lipinski definition) is 1. The number of benzene rings is 2. The van der Waals surface area contributed by atoms with Gasteiger partial charge in [-0.2, -0.15) is 5.10 Å². The smallest absolute Gasteiger partial charge is 0.269 e. The van der Waals surface area contributed by atoms with Crippen LogP contribution in [0.4, 0.5) is 15.9 Å². The van der Waals surface area contributed by atoms with Crippen molar-refractivity contribution < 1.29 is 18.3 Å². The Morgan fingerprint density at radius 3 is 2.46 bits per heavy atom. The van der Waals surface area contributed by atoms with E-state index in [0.717, 1.165) is 0 Å². The summed E-state index contributed by atoms with van der Waals surface area (Å²) < 4.78 is 26.6. The Bertz CT molecular complexity index is 1110. The molecule has 3 aromatic rings. The molecular formula is C18H13FN4O4S. The van der Waals surface area contributed by atoms with Crippen LogP contribution in [0.1, 0.15) is 21.6 Å². The van der Waals surface area contributed by atoms with Crippen molar-refractivity contribution in [3.05, 3.63) is 81.3 Å². The van der Waals surface area contributed by atoms with Crippen LogP contribution in [0.5, 0.6) is 0 Å². The number of nitro benzene ring substituents is 1. The molecule has 0 saturated heterocycles. The first kappa shape index (κ1) is 18.0. The van der Waals surface area contributed by atoms with E-state index in [9.17, 15) is 23.5 Å². The van der Waals surface area contributed by atoms with Crippen molar-refractivity contribution in [1.29, 1.82) is 0 Å². The molecule has 1 aliphatic rings. The summed E-state index contributed by atoms with van der Waals surface area (Å²) in [6.07, 6.45) is 0. The number of amides is 1. The first-order valence-electron chi connectivity index (χ1n) is 8.20. The molecule has 0 radical (unpaired) electrons. The zero-order valence-electron chi connectivity index (χ0n) is 14.3. The number of hydrogen-bond acceptors (Lipinski definition) is 5. The lowest BCUT2D eigenvalue weighted by molar-refractivity contribution is -0.384. The molecule has 28 heavy (non-hydrogen) atoms. The van der Waals surface area contributed by atoms with Crippen LogP contribution in [0.2, 0.25) is 0 Å². The number of non-ortho nitro benzene ring substituents is 1. The van der Waals surface area contributed by atoms with E-state index in [-0.39, 0.29) is 22.8 Å². The zero-order chi connectivity index (χ0) is 19.8. The highest BCUT2D eigenvalue weighted by Crippen LogP contribution is 2.31. The van der Waals surface area contributed by atoms with Crippen molar-refractivity contribution in [2.24, 2.45) is 0 Å². The molecule has 1 amide bonds. The molecular weight excluding hydrogens is 387 g/mol. The summed E-state index contributed by atoms with van der Waals surface area (Å²) >= 11 is 0. The van der Waals surface area contributed by atoms with Gasteiger partial charge in [-0.05, 0) is 36.4 Å². The number of halogens is 1. The van der Waals surface area contributed by atoms with E-state index in [1.165, 1.54) is 53.2 Å². The van der Waals surface area contributed by atoms with Gasteiger partial charge in [0.2, 0.25) is 0 Å². The van der Waals surface area contributed by atoms with E-state index in [1.54, 1.807) is 0 Å². The summed E-state index contributed by atoms with van der Waals surface area (Å²) in [7, 11) is -1.10. The molecule has 0 aliphatic carbocycles. The van der Waals surface area contributed by atoms with Crippen LogP contribution in [0.25, 0.3) is 5.69 Å². The maximum atomic E-state index is 13.2. The van der Waals surface area contributed by atoms with Gasteiger partial charge < -0.3 is 5.32 Å². The predicted octanol–water partition coefficient (Wildman–Crippen LogP) is 2.93. The van der Waals surface area contributed by atoms with E-state index in [0.29, 0.717) is 22.8 Å². The van der Waals surface area contributed by atoms with Gasteiger partial charge in [0.05, 0.1) is 27.8 Å². The molecule has 8 nitrogen and oxygen atoms in total. The molecule has 0 fully saturated rings. The highest BCUT2D eigenvalue weighted by molar-refractivity contribution is 7.83. The number of rotatable bonds is 4. The van der Waals surface area contributed by atoms with E-state index in [4.69, 9.17) is 0 Å². The Kier molecular flexibility index (Phi) is 4.47. The predicted molar refractivity (Wildman–Crippen MR) is 100 cm³/mol. The zero-order valence-corrected chi connectivity index (χ0v) is 15.1. The Morgan fingerprint density at radius 2 is 1.82 bits per heavy atom. The van der Waals surface area contributed by atoms with Crippen molar-refractivity contribution in [3.8, 4) is 5.69 Å². The van der Waals surface area contributed by atoms with Crippen LogP contribution in [-0.4, -0.2) is 24.8 Å². The molecule has 0 spiro atoms. The SMILES string of the molecule is O=C(Nc1c2c(nn1-c1ccc(F)cc1)C[S@@](=O)C2)c1ccc([N+](=O)[O-])cc1. The Hall–Kier alpha value is -3.40. The van der Waals surface area contributed by atoms with Crippen LogP contribution in [0.3, 0.4) is 0 Å². The second kappa shape index (κ2) is 6.97. The third-order valence-electron chi connectivity index (χ3n) is 4.31. The lowest BCUT2D eigenvalue weighted by Crippen LogP contribution is -2.16. The summed E-state index contributed by atoms with van der Waals surface area (Å²) in [5.41, 5.74) is 1.93. The van der Waals surface area contributed by atoms with Crippen molar-refractivity contribution in [3.63, 3.8) is 0 Å². The molecule has 0 bridgehead atoms. The van der Waals surface area contributed by atoms with Gasteiger partial charge >= 0.3 is 0 Å². The van der Waals surface area contributed by atoms with Crippen LogP contribution in [-0.2, 0) is 22.3 Å². The Morgan fingerprint density at radius 1 is 1.14 bits per heavy atom. The third-order valence-corrected chi connectivity index (χ3v) is 5.52. The second-order valence-corrected chi connectivity index (χ2v) is 7.61. The number of aromatic nitrogens is 2. The van der Waals surface area contributed by atoms with Crippen LogP contribution < -0.4 is 5.32 Å². The summed E-state index contributed by atoms with van der Waals surface area (Å²) in [5.74, 6) is 0.00606. The molecule has 0 saturated carbocycles. The molecule has 4 rings (SSSR count). The number of anilines is 1. The minimum atomic E-state index is -1.10. The average Bonchev–Trinajstić information content (AvgIpc) is 3.19. The first-order valence-corrected chi connectivity index (χ1v) is 9.68. The van der Waals surface area contributed by atoms with Crippen molar-refractivity contribution in [1.82, 2.24) is 9.78 Å². The highest BCUT2D eigenvalue weighted by Gasteiger charge is 2.28. The third kappa shape index (κ3) is 3.29. The Labute approximate surface area is 160 Å². The van der Waals surface area contributed by atoms with Gasteiger partial charge in [-0.3, -0.25) is 19.1 Å². The van der Waals surface area contributed by atoms with E-state index >= 15 is 0 Å². The molecule has 10 heteroatoms. The lowest BCUT2D eigenvalue weighted by Gasteiger charge is -2.11. The van der Waals surface area contributed by atoms with Gasteiger partial charge in [-0.1, -0.05) is 0 Å². The van der Waals surface area contributed by atoms with Gasteiger partial charge in [-0.15, -0.1) is 0 Å². The molecule has 1 aliphatic heterocycles. The van der Waals surface area contributed by atoms with Gasteiger partial charge in [0.15, 0.2) is 0 Å². The first-order chi connectivity index (χ1) is 13.4. The number of carbonyl (C=O) groups is 1. The number of nitrogens with one attached hydrogen (secondary N) is 1. The molecule has 1 aromatic heterocycles. The molecule has 2 heterocycles. The summed E-state index contributed by atoms with van der Waals surface area (Å²) in [4.78, 5) is 22.9. The largest absolute Gasteiger partial charge is 0.306 e. The molecule has 1 N–H and O–H groups in total. The van der Waals surface area contributed by atoms with Crippen molar-refractivity contribution in [2.45, 2.75) is 11.5 Å². The van der Waals surface area contributed by atoms with Gasteiger partial charge in [0.25, 0.3) is 11.6 Å². The van der Waals surface area contributed by atoms with Crippen molar-refractivity contribution in [2.75, 3.05) is 5.32 Å². The minimum Gasteiger partial charge on any atom is -0.306 e. The van der Waals surface area contributed by atoms with Gasteiger partial charge in [-0.25, -0.2) is 9.07 Å².